The third kappa shape index (κ3) is 5.33. The molecule has 26 heavy (non-hydrogen) atoms. The minimum absolute atomic E-state index is 0.00977. The zero-order valence-corrected chi connectivity index (χ0v) is 16.6. The van der Waals surface area contributed by atoms with E-state index in [1.807, 2.05) is 6.92 Å². The third-order valence-electron chi connectivity index (χ3n) is 4.06. The number of halogens is 1. The highest BCUT2D eigenvalue weighted by Crippen LogP contribution is 2.28. The minimum Gasteiger partial charge on any atom is -0.492 e. The molecule has 1 heterocycles. The van der Waals surface area contributed by atoms with Crippen LogP contribution in [-0.2, 0) is 19.6 Å². The number of sulfonamides is 1. The maximum atomic E-state index is 12.8. The van der Waals surface area contributed by atoms with E-state index < -0.39 is 10.0 Å². The van der Waals surface area contributed by atoms with Gasteiger partial charge in [-0.15, -0.1) is 0 Å². The smallest absolute Gasteiger partial charge is 0.243 e. The molecular formula is C17H25ClN2O5S. The van der Waals surface area contributed by atoms with Crippen molar-refractivity contribution >= 4 is 27.5 Å². The first-order valence-corrected chi connectivity index (χ1v) is 10.5. The first-order chi connectivity index (χ1) is 12.4. The highest BCUT2D eigenvalue weighted by atomic mass is 35.5. The zero-order chi connectivity index (χ0) is 19.2. The van der Waals surface area contributed by atoms with Crippen molar-refractivity contribution in [3.8, 4) is 5.75 Å². The Hall–Kier alpha value is -1.35. The molecule has 1 fully saturated rings. The second-order valence-electron chi connectivity index (χ2n) is 5.90. The fourth-order valence-electron chi connectivity index (χ4n) is 2.68. The van der Waals surface area contributed by atoms with Gasteiger partial charge in [0.05, 0.1) is 29.2 Å². The summed E-state index contributed by atoms with van der Waals surface area (Å²) in [5.74, 6) is 0.0634. The van der Waals surface area contributed by atoms with E-state index in [9.17, 15) is 13.2 Å². The Morgan fingerprint density at radius 3 is 2.77 bits per heavy atom. The second kappa shape index (κ2) is 9.55. The molecule has 7 nitrogen and oxygen atoms in total. The molecule has 0 bridgehead atoms. The number of likely N-dealkylation sites (N-methyl/N-ethyl adjacent to an activating group) is 1. The number of carbonyl (C=O) groups excluding carboxylic acids is 1. The van der Waals surface area contributed by atoms with Crippen molar-refractivity contribution in [2.45, 2.75) is 37.7 Å². The molecule has 1 saturated heterocycles. The quantitative estimate of drug-likeness (QED) is 0.680. The standard InChI is InChI=1S/C17H25ClN2O5S/c1-3-20(12-17(21)19-11-13-6-5-9-25-13)26(22,23)14-7-8-16(24-4-2)15(18)10-14/h7-8,10,13H,3-6,9,11-12H2,1-2H3,(H,19,21)/t13-/m0/s1. The van der Waals surface area contributed by atoms with Gasteiger partial charge in [-0.3, -0.25) is 4.79 Å². The molecule has 0 unspecified atom stereocenters. The summed E-state index contributed by atoms with van der Waals surface area (Å²) in [6, 6.07) is 4.29. The van der Waals surface area contributed by atoms with E-state index in [0.717, 1.165) is 17.1 Å². The van der Waals surface area contributed by atoms with Crippen LogP contribution in [-0.4, -0.2) is 57.6 Å². The Morgan fingerprint density at radius 1 is 1.42 bits per heavy atom. The molecule has 1 aromatic carbocycles. The lowest BCUT2D eigenvalue weighted by molar-refractivity contribution is -0.121. The molecule has 1 aliphatic rings. The average Bonchev–Trinajstić information content (AvgIpc) is 3.13. The number of ether oxygens (including phenoxy) is 2. The summed E-state index contributed by atoms with van der Waals surface area (Å²) in [7, 11) is -3.84. The summed E-state index contributed by atoms with van der Waals surface area (Å²) in [5, 5.41) is 2.95. The summed E-state index contributed by atoms with van der Waals surface area (Å²) in [6.07, 6.45) is 1.89. The van der Waals surface area contributed by atoms with E-state index in [0.29, 0.717) is 25.5 Å². The lowest BCUT2D eigenvalue weighted by Crippen LogP contribution is -2.42. The van der Waals surface area contributed by atoms with Crippen LogP contribution in [0.3, 0.4) is 0 Å². The molecule has 0 aliphatic carbocycles. The molecule has 2 rings (SSSR count). The van der Waals surface area contributed by atoms with Crippen molar-refractivity contribution < 1.29 is 22.7 Å². The number of hydrogen-bond donors (Lipinski definition) is 1. The summed E-state index contributed by atoms with van der Waals surface area (Å²) in [4.78, 5) is 12.2. The second-order valence-corrected chi connectivity index (χ2v) is 8.24. The fourth-order valence-corrected chi connectivity index (χ4v) is 4.41. The molecule has 0 spiro atoms. The molecule has 1 atom stereocenters. The van der Waals surface area contributed by atoms with Crippen LogP contribution in [0.25, 0.3) is 0 Å². The van der Waals surface area contributed by atoms with Gasteiger partial charge in [0, 0.05) is 19.7 Å². The number of rotatable bonds is 9. The molecule has 146 valence electrons. The molecule has 9 heteroatoms. The van der Waals surface area contributed by atoms with E-state index in [2.05, 4.69) is 5.32 Å². The molecular weight excluding hydrogens is 380 g/mol. The van der Waals surface area contributed by atoms with Crippen molar-refractivity contribution in [2.75, 3.05) is 32.8 Å². The topological polar surface area (TPSA) is 84.9 Å². The maximum absolute atomic E-state index is 12.8. The van der Waals surface area contributed by atoms with Crippen LogP contribution < -0.4 is 10.1 Å². The van der Waals surface area contributed by atoms with Gasteiger partial charge >= 0.3 is 0 Å². The lowest BCUT2D eigenvalue weighted by atomic mass is 10.2. The van der Waals surface area contributed by atoms with Crippen LogP contribution in [0.1, 0.15) is 26.7 Å². The fraction of sp³-hybridized carbons (Fsp3) is 0.588. The Kier molecular flexibility index (Phi) is 7.69. The van der Waals surface area contributed by atoms with Crippen LogP contribution in [0.2, 0.25) is 5.02 Å². The SMILES string of the molecule is CCOc1ccc(S(=O)(=O)N(CC)CC(=O)NC[C@@H]2CCCO2)cc1Cl. The maximum Gasteiger partial charge on any atom is 0.243 e. The van der Waals surface area contributed by atoms with Crippen LogP contribution >= 0.6 is 11.6 Å². The Labute approximate surface area is 159 Å². The van der Waals surface area contributed by atoms with Crippen molar-refractivity contribution in [1.82, 2.24) is 9.62 Å². The van der Waals surface area contributed by atoms with Crippen molar-refractivity contribution in [3.05, 3.63) is 23.2 Å². The van der Waals surface area contributed by atoms with E-state index in [1.165, 1.54) is 18.2 Å². The molecule has 1 aromatic rings. The zero-order valence-electron chi connectivity index (χ0n) is 15.0. The predicted octanol–water partition coefficient (Wildman–Crippen LogP) is 2.04. The minimum atomic E-state index is -3.84. The first-order valence-electron chi connectivity index (χ1n) is 8.69. The first kappa shape index (κ1) is 21.0. The van der Waals surface area contributed by atoms with Gasteiger partial charge in [-0.25, -0.2) is 8.42 Å². The summed E-state index contributed by atoms with van der Waals surface area (Å²) < 4.78 is 37.5. The van der Waals surface area contributed by atoms with Gasteiger partial charge in [0.1, 0.15) is 5.75 Å². The number of hydrogen-bond acceptors (Lipinski definition) is 5. The largest absolute Gasteiger partial charge is 0.492 e. The van der Waals surface area contributed by atoms with E-state index in [-0.39, 0.29) is 35.0 Å². The Balaban J connectivity index is 2.04. The van der Waals surface area contributed by atoms with E-state index in [4.69, 9.17) is 21.1 Å². The summed E-state index contributed by atoms with van der Waals surface area (Å²) in [6.45, 7) is 4.94. The third-order valence-corrected chi connectivity index (χ3v) is 6.28. The number of nitrogens with zero attached hydrogens (tertiary/aromatic N) is 1. The Morgan fingerprint density at radius 2 is 2.19 bits per heavy atom. The Bertz CT molecular complexity index is 720. The van der Waals surface area contributed by atoms with Crippen molar-refractivity contribution in [3.63, 3.8) is 0 Å². The predicted molar refractivity (Wildman–Crippen MR) is 99.0 cm³/mol. The van der Waals surface area contributed by atoms with Gasteiger partial charge < -0.3 is 14.8 Å². The van der Waals surface area contributed by atoms with E-state index in [1.54, 1.807) is 6.92 Å². The molecule has 0 saturated carbocycles. The van der Waals surface area contributed by atoms with Crippen LogP contribution in [0.15, 0.2) is 23.1 Å². The number of nitrogens with one attached hydrogen (secondary N) is 1. The van der Waals surface area contributed by atoms with Crippen LogP contribution in [0.4, 0.5) is 0 Å². The monoisotopic (exact) mass is 404 g/mol. The normalized spacial score (nSPS) is 17.5. The van der Waals surface area contributed by atoms with Crippen LogP contribution in [0.5, 0.6) is 5.75 Å². The van der Waals surface area contributed by atoms with Crippen LogP contribution in [0, 0.1) is 0 Å². The van der Waals surface area contributed by atoms with Gasteiger partial charge in [-0.05, 0) is 38.0 Å². The molecule has 1 aliphatic heterocycles. The molecule has 1 N–H and O–H groups in total. The van der Waals surface area contributed by atoms with Gasteiger partial charge in [0.15, 0.2) is 0 Å². The van der Waals surface area contributed by atoms with Gasteiger partial charge in [-0.1, -0.05) is 18.5 Å². The van der Waals surface area contributed by atoms with Gasteiger partial charge in [0.2, 0.25) is 15.9 Å². The van der Waals surface area contributed by atoms with Crippen molar-refractivity contribution in [2.24, 2.45) is 0 Å². The average molecular weight is 405 g/mol. The molecule has 1 amide bonds. The number of carbonyl (C=O) groups is 1. The lowest BCUT2D eigenvalue weighted by Gasteiger charge is -2.21. The highest BCUT2D eigenvalue weighted by molar-refractivity contribution is 7.89. The number of benzene rings is 1. The van der Waals surface area contributed by atoms with Gasteiger partial charge in [-0.2, -0.15) is 4.31 Å². The number of amides is 1. The van der Waals surface area contributed by atoms with E-state index >= 15 is 0 Å². The summed E-state index contributed by atoms with van der Waals surface area (Å²) >= 11 is 6.09. The highest BCUT2D eigenvalue weighted by Gasteiger charge is 2.26. The molecule has 0 aromatic heterocycles. The van der Waals surface area contributed by atoms with Gasteiger partial charge in [0.25, 0.3) is 0 Å². The molecule has 0 radical (unpaired) electrons. The van der Waals surface area contributed by atoms with Crippen molar-refractivity contribution in [1.29, 1.82) is 0 Å². The summed E-state index contributed by atoms with van der Waals surface area (Å²) in [5.41, 5.74) is 0.